The van der Waals surface area contributed by atoms with Crippen LogP contribution < -0.4 is 10.6 Å². The Balaban J connectivity index is 3.50. The lowest BCUT2D eigenvalue weighted by molar-refractivity contribution is 0.218. The second-order valence-corrected chi connectivity index (χ2v) is 14.5. The Bertz CT molecular complexity index is 494. The maximum Gasteiger partial charge on any atom is 0.360 e. The Morgan fingerprint density at radius 1 is 0.808 bits per heavy atom. The summed E-state index contributed by atoms with van der Waals surface area (Å²) in [6.07, 6.45) is 0. The van der Waals surface area contributed by atoms with E-state index < -0.39 is 17.1 Å². The van der Waals surface area contributed by atoms with Crippen molar-refractivity contribution >= 4 is 28.5 Å². The number of nitrogen functional groups attached to an aromatic ring is 1. The van der Waals surface area contributed by atoms with Gasteiger partial charge in [0.1, 0.15) is 0 Å². The van der Waals surface area contributed by atoms with Gasteiger partial charge in [0.15, 0.2) is 0 Å². The van der Waals surface area contributed by atoms with Gasteiger partial charge in [0.05, 0.1) is 11.3 Å². The molecule has 1 aromatic carbocycles. The monoisotopic (exact) mass is 400 g/mol. The summed E-state index contributed by atoms with van der Waals surface area (Å²) in [4.78, 5) is 2.35. The van der Waals surface area contributed by atoms with Crippen LogP contribution in [0.3, 0.4) is 0 Å². The fourth-order valence-electron chi connectivity index (χ4n) is 3.87. The van der Waals surface area contributed by atoms with Gasteiger partial charge < -0.3 is 28.3 Å². The number of hydrogen-bond donors (Lipinski definition) is 1. The first-order valence-electron chi connectivity index (χ1n) is 9.15. The highest BCUT2D eigenvalue weighted by Gasteiger charge is 2.51. The van der Waals surface area contributed by atoms with Gasteiger partial charge in [-0.3, -0.25) is 0 Å². The summed E-state index contributed by atoms with van der Waals surface area (Å²) in [7, 11) is 2.09. The Morgan fingerprint density at radius 2 is 1.15 bits per heavy atom. The maximum atomic E-state index is 5.97. The summed E-state index contributed by atoms with van der Waals surface area (Å²) in [6, 6.07) is 9.63. The highest BCUT2D eigenvalue weighted by atomic mass is 28.4. The lowest BCUT2D eigenvalue weighted by Crippen LogP contribution is -2.67. The third-order valence-electron chi connectivity index (χ3n) is 5.67. The van der Waals surface area contributed by atoms with E-state index >= 15 is 0 Å². The molecule has 0 saturated heterocycles. The number of hydrogen-bond acceptors (Lipinski definition) is 6. The van der Waals surface area contributed by atoms with Crippen LogP contribution in [0.5, 0.6) is 0 Å². The Labute approximate surface area is 161 Å². The molecule has 6 nitrogen and oxygen atoms in total. The number of rotatable bonds is 11. The Hall–Kier alpha value is -0.906. The standard InChI is InChI=1S/C18H36N2O4Si2/c1-9-25(21-5,22-6)15(3)20(18-13-11-17(19)12-14-18)16(4)26(10-2,23-7)24-8/h11-16H,9-10,19H2,1-8H3. The summed E-state index contributed by atoms with van der Waals surface area (Å²) < 4.78 is 23.9. The van der Waals surface area contributed by atoms with Crippen LogP contribution in [-0.4, -0.2) is 56.9 Å². The van der Waals surface area contributed by atoms with E-state index in [1.165, 1.54) is 0 Å². The van der Waals surface area contributed by atoms with E-state index in [9.17, 15) is 0 Å². The van der Waals surface area contributed by atoms with E-state index in [0.717, 1.165) is 23.5 Å². The molecule has 0 aliphatic heterocycles. The third-order valence-corrected chi connectivity index (χ3v) is 13.5. The second kappa shape index (κ2) is 9.86. The van der Waals surface area contributed by atoms with Crippen molar-refractivity contribution in [1.29, 1.82) is 0 Å². The first-order chi connectivity index (χ1) is 12.3. The first-order valence-corrected chi connectivity index (χ1v) is 13.4. The summed E-state index contributed by atoms with van der Waals surface area (Å²) >= 11 is 0. The van der Waals surface area contributed by atoms with Crippen molar-refractivity contribution in [1.82, 2.24) is 0 Å². The molecule has 0 fully saturated rings. The molecule has 2 N–H and O–H groups in total. The van der Waals surface area contributed by atoms with Gasteiger partial charge in [0.25, 0.3) is 0 Å². The van der Waals surface area contributed by atoms with E-state index in [1.54, 1.807) is 28.4 Å². The van der Waals surface area contributed by atoms with Crippen LogP contribution in [0, 0.1) is 0 Å². The van der Waals surface area contributed by atoms with Crippen LogP contribution in [0.2, 0.25) is 12.1 Å². The molecule has 0 bridgehead atoms. The zero-order valence-corrected chi connectivity index (χ0v) is 19.5. The number of benzene rings is 1. The molecule has 0 amide bonds. The fraction of sp³-hybridized carbons (Fsp3) is 0.667. The Kier molecular flexibility index (Phi) is 8.78. The minimum atomic E-state index is -2.45. The molecule has 0 saturated carbocycles. The zero-order chi connectivity index (χ0) is 20.0. The predicted molar refractivity (Wildman–Crippen MR) is 113 cm³/mol. The van der Waals surface area contributed by atoms with Gasteiger partial charge in [-0.05, 0) is 50.2 Å². The third kappa shape index (κ3) is 4.32. The first kappa shape index (κ1) is 23.1. The Morgan fingerprint density at radius 3 is 1.42 bits per heavy atom. The van der Waals surface area contributed by atoms with Crippen LogP contribution in [0.15, 0.2) is 24.3 Å². The van der Waals surface area contributed by atoms with Crippen molar-refractivity contribution in [2.75, 3.05) is 39.1 Å². The molecule has 8 heteroatoms. The predicted octanol–water partition coefficient (Wildman–Crippen LogP) is 3.44. The van der Waals surface area contributed by atoms with E-state index in [1.807, 2.05) is 24.3 Å². The molecule has 0 radical (unpaired) electrons. The normalized spacial score (nSPS) is 14.9. The molecule has 0 aliphatic rings. The molecule has 0 heterocycles. The zero-order valence-electron chi connectivity index (χ0n) is 17.5. The summed E-state index contributed by atoms with van der Waals surface area (Å²) in [5, 5.41) is 0. The maximum absolute atomic E-state index is 5.97. The lowest BCUT2D eigenvalue weighted by atomic mass is 10.2. The van der Waals surface area contributed by atoms with Crippen LogP contribution in [0.4, 0.5) is 11.4 Å². The van der Waals surface area contributed by atoms with Gasteiger partial charge in [-0.1, -0.05) is 13.8 Å². The van der Waals surface area contributed by atoms with Crippen molar-refractivity contribution in [3.63, 3.8) is 0 Å². The molecule has 1 aromatic rings. The smallest absolute Gasteiger partial charge is 0.360 e. The SMILES string of the molecule is CC[Si](OC)(OC)C(C)N(c1ccc(N)cc1)C(C)[Si](CC)(OC)OC. The van der Waals surface area contributed by atoms with E-state index in [0.29, 0.717) is 0 Å². The highest BCUT2D eigenvalue weighted by molar-refractivity contribution is 6.71. The average Bonchev–Trinajstić information content (AvgIpc) is 2.67. The summed E-state index contributed by atoms with van der Waals surface area (Å²) in [5.74, 6) is 0. The minimum absolute atomic E-state index is 0.0600. The van der Waals surface area contributed by atoms with Crippen LogP contribution >= 0.6 is 0 Å². The number of nitrogens with zero attached hydrogens (tertiary/aromatic N) is 1. The van der Waals surface area contributed by atoms with Crippen molar-refractivity contribution in [2.24, 2.45) is 0 Å². The van der Waals surface area contributed by atoms with Crippen LogP contribution in [0.25, 0.3) is 0 Å². The lowest BCUT2D eigenvalue weighted by Gasteiger charge is -2.47. The number of anilines is 2. The van der Waals surface area contributed by atoms with Crippen molar-refractivity contribution in [3.8, 4) is 0 Å². The van der Waals surface area contributed by atoms with Gasteiger partial charge in [0, 0.05) is 39.8 Å². The summed E-state index contributed by atoms with van der Waals surface area (Å²) in [6.45, 7) is 8.60. The number of nitrogens with two attached hydrogens (primary N) is 1. The molecule has 2 unspecified atom stereocenters. The molecular weight excluding hydrogens is 364 g/mol. The average molecular weight is 401 g/mol. The van der Waals surface area contributed by atoms with Crippen LogP contribution in [0.1, 0.15) is 27.7 Å². The fourth-order valence-corrected chi connectivity index (χ4v) is 9.65. The molecule has 150 valence electrons. The van der Waals surface area contributed by atoms with Crippen molar-refractivity contribution < 1.29 is 17.7 Å². The highest BCUT2D eigenvalue weighted by Crippen LogP contribution is 2.33. The minimum Gasteiger partial charge on any atom is -0.399 e. The van der Waals surface area contributed by atoms with Gasteiger partial charge >= 0.3 is 17.1 Å². The van der Waals surface area contributed by atoms with Gasteiger partial charge in [-0.25, -0.2) is 0 Å². The van der Waals surface area contributed by atoms with Crippen molar-refractivity contribution in [3.05, 3.63) is 24.3 Å². The van der Waals surface area contributed by atoms with Gasteiger partial charge in [0.2, 0.25) is 0 Å². The molecule has 0 aromatic heterocycles. The van der Waals surface area contributed by atoms with E-state index in [4.69, 9.17) is 23.4 Å². The molecule has 0 spiro atoms. The molecule has 26 heavy (non-hydrogen) atoms. The molecule has 1 rings (SSSR count). The molecule has 0 aliphatic carbocycles. The topological polar surface area (TPSA) is 66.2 Å². The van der Waals surface area contributed by atoms with E-state index in [2.05, 4.69) is 32.6 Å². The largest absolute Gasteiger partial charge is 0.399 e. The molecular formula is C18H36N2O4Si2. The second-order valence-electron chi connectivity index (χ2n) is 6.50. The van der Waals surface area contributed by atoms with Gasteiger partial charge in [-0.2, -0.15) is 0 Å². The van der Waals surface area contributed by atoms with Gasteiger partial charge in [-0.15, -0.1) is 0 Å². The van der Waals surface area contributed by atoms with E-state index in [-0.39, 0.29) is 11.3 Å². The van der Waals surface area contributed by atoms with Crippen molar-refractivity contribution in [2.45, 2.75) is 51.1 Å². The summed E-state index contributed by atoms with van der Waals surface area (Å²) in [5.41, 5.74) is 7.84. The quantitative estimate of drug-likeness (QED) is 0.453. The molecule has 2 atom stereocenters. The van der Waals surface area contributed by atoms with Crippen LogP contribution in [-0.2, 0) is 17.7 Å².